The highest BCUT2D eigenvalue weighted by atomic mass is 16.5. The highest BCUT2D eigenvalue weighted by Crippen LogP contribution is 2.34. The van der Waals surface area contributed by atoms with Crippen molar-refractivity contribution in [2.75, 3.05) is 20.8 Å². The SMILES string of the molecule is CC#CCOc1cc(OC)c(C(C)=O)cc1OC. The van der Waals surface area contributed by atoms with E-state index in [9.17, 15) is 4.79 Å². The third-order valence-electron chi connectivity index (χ3n) is 2.34. The van der Waals surface area contributed by atoms with Crippen molar-refractivity contribution in [2.24, 2.45) is 0 Å². The van der Waals surface area contributed by atoms with Gasteiger partial charge >= 0.3 is 0 Å². The van der Waals surface area contributed by atoms with Crippen molar-refractivity contribution in [1.82, 2.24) is 0 Å². The van der Waals surface area contributed by atoms with Gasteiger partial charge in [-0.1, -0.05) is 5.92 Å². The van der Waals surface area contributed by atoms with Crippen LogP contribution in [0.3, 0.4) is 0 Å². The zero-order valence-corrected chi connectivity index (χ0v) is 11.0. The fourth-order valence-electron chi connectivity index (χ4n) is 1.44. The zero-order chi connectivity index (χ0) is 13.5. The predicted octanol–water partition coefficient (Wildman–Crippen LogP) is 2.31. The van der Waals surface area contributed by atoms with Gasteiger partial charge in [0.25, 0.3) is 0 Å². The van der Waals surface area contributed by atoms with E-state index in [1.807, 2.05) is 0 Å². The lowest BCUT2D eigenvalue weighted by molar-refractivity contribution is 0.101. The molecule has 0 spiro atoms. The molecule has 96 valence electrons. The van der Waals surface area contributed by atoms with Gasteiger partial charge in [0.05, 0.1) is 19.8 Å². The average molecular weight is 248 g/mol. The van der Waals surface area contributed by atoms with Gasteiger partial charge in [-0.15, -0.1) is 5.92 Å². The van der Waals surface area contributed by atoms with Gasteiger partial charge in [0, 0.05) is 6.07 Å². The number of benzene rings is 1. The maximum atomic E-state index is 11.5. The normalized spacial score (nSPS) is 9.11. The number of rotatable bonds is 5. The lowest BCUT2D eigenvalue weighted by atomic mass is 10.1. The summed E-state index contributed by atoms with van der Waals surface area (Å²) in [5.41, 5.74) is 0.461. The van der Waals surface area contributed by atoms with Gasteiger partial charge < -0.3 is 14.2 Å². The standard InChI is InChI=1S/C14H16O4/c1-5-6-7-18-14-9-12(16-3)11(10(2)15)8-13(14)17-4/h8-9H,7H2,1-4H3. The molecule has 0 saturated heterocycles. The molecular weight excluding hydrogens is 232 g/mol. The zero-order valence-electron chi connectivity index (χ0n) is 11.0. The number of ketones is 1. The van der Waals surface area contributed by atoms with Crippen molar-refractivity contribution in [3.63, 3.8) is 0 Å². The predicted molar refractivity (Wildman–Crippen MR) is 68.5 cm³/mol. The van der Waals surface area contributed by atoms with Crippen LogP contribution in [0.25, 0.3) is 0 Å². The maximum absolute atomic E-state index is 11.5. The minimum absolute atomic E-state index is 0.0925. The molecule has 0 atom stereocenters. The molecule has 1 aromatic rings. The van der Waals surface area contributed by atoms with E-state index in [0.717, 1.165) is 0 Å². The molecule has 0 aliphatic rings. The summed E-state index contributed by atoms with van der Waals surface area (Å²) in [4.78, 5) is 11.5. The molecule has 18 heavy (non-hydrogen) atoms. The van der Waals surface area contributed by atoms with E-state index in [1.54, 1.807) is 19.1 Å². The maximum Gasteiger partial charge on any atom is 0.166 e. The summed E-state index contributed by atoms with van der Waals surface area (Å²) in [6, 6.07) is 3.24. The van der Waals surface area contributed by atoms with Crippen LogP contribution in [0.1, 0.15) is 24.2 Å². The van der Waals surface area contributed by atoms with Gasteiger partial charge in [0.2, 0.25) is 0 Å². The van der Waals surface area contributed by atoms with Gasteiger partial charge in [-0.25, -0.2) is 0 Å². The van der Waals surface area contributed by atoms with E-state index in [1.165, 1.54) is 21.1 Å². The molecule has 0 aliphatic heterocycles. The molecule has 0 saturated carbocycles. The van der Waals surface area contributed by atoms with E-state index in [2.05, 4.69) is 11.8 Å². The number of hydrogen-bond donors (Lipinski definition) is 0. The fourth-order valence-corrected chi connectivity index (χ4v) is 1.44. The van der Waals surface area contributed by atoms with Crippen LogP contribution in [-0.4, -0.2) is 26.6 Å². The van der Waals surface area contributed by atoms with Crippen molar-refractivity contribution >= 4 is 5.78 Å². The minimum Gasteiger partial charge on any atom is -0.496 e. The molecule has 0 aliphatic carbocycles. The number of carbonyl (C=O) groups excluding carboxylic acids is 1. The molecule has 0 fully saturated rings. The van der Waals surface area contributed by atoms with Gasteiger partial charge in [0.1, 0.15) is 12.4 Å². The first-order valence-electron chi connectivity index (χ1n) is 5.43. The molecule has 4 heteroatoms. The third kappa shape index (κ3) is 3.17. The Morgan fingerprint density at radius 1 is 1.17 bits per heavy atom. The Labute approximate surface area is 107 Å². The molecule has 0 heterocycles. The average Bonchev–Trinajstić information content (AvgIpc) is 2.38. The quantitative estimate of drug-likeness (QED) is 0.592. The highest BCUT2D eigenvalue weighted by molar-refractivity contribution is 5.97. The topological polar surface area (TPSA) is 44.8 Å². The number of methoxy groups -OCH3 is 2. The minimum atomic E-state index is -0.0925. The number of Topliss-reactive ketones (excluding diaryl/α,β-unsaturated/α-hetero) is 1. The summed E-state index contributed by atoms with van der Waals surface area (Å²) in [6.45, 7) is 3.47. The monoisotopic (exact) mass is 248 g/mol. The van der Waals surface area contributed by atoms with E-state index < -0.39 is 0 Å². The second-order valence-corrected chi connectivity index (χ2v) is 3.47. The molecule has 1 rings (SSSR count). The summed E-state index contributed by atoms with van der Waals surface area (Å²) in [7, 11) is 3.02. The Morgan fingerprint density at radius 3 is 2.33 bits per heavy atom. The molecule has 0 amide bonds. The van der Waals surface area contributed by atoms with Crippen molar-refractivity contribution in [1.29, 1.82) is 0 Å². The van der Waals surface area contributed by atoms with Crippen LogP contribution in [0.5, 0.6) is 17.2 Å². The number of carbonyl (C=O) groups is 1. The Balaban J connectivity index is 3.16. The van der Waals surface area contributed by atoms with Crippen molar-refractivity contribution in [2.45, 2.75) is 13.8 Å². The van der Waals surface area contributed by atoms with Crippen LogP contribution in [0.4, 0.5) is 0 Å². The summed E-state index contributed by atoms with van der Waals surface area (Å²) in [5, 5.41) is 0. The lowest BCUT2D eigenvalue weighted by Gasteiger charge is -2.13. The molecule has 4 nitrogen and oxygen atoms in total. The van der Waals surface area contributed by atoms with E-state index in [-0.39, 0.29) is 12.4 Å². The van der Waals surface area contributed by atoms with Gasteiger partial charge in [0.15, 0.2) is 17.3 Å². The largest absolute Gasteiger partial charge is 0.496 e. The summed E-state index contributed by atoms with van der Waals surface area (Å²) < 4.78 is 15.8. The van der Waals surface area contributed by atoms with Gasteiger partial charge in [-0.2, -0.15) is 0 Å². The van der Waals surface area contributed by atoms with E-state index in [4.69, 9.17) is 14.2 Å². The number of hydrogen-bond acceptors (Lipinski definition) is 4. The lowest BCUT2D eigenvalue weighted by Crippen LogP contribution is -2.02. The summed E-state index contributed by atoms with van der Waals surface area (Å²) in [6.07, 6.45) is 0. The van der Waals surface area contributed by atoms with E-state index >= 15 is 0 Å². The van der Waals surface area contributed by atoms with Crippen LogP contribution in [0.2, 0.25) is 0 Å². The highest BCUT2D eigenvalue weighted by Gasteiger charge is 2.14. The Bertz CT molecular complexity index is 494. The van der Waals surface area contributed by atoms with Crippen LogP contribution >= 0.6 is 0 Å². The molecule has 0 aromatic heterocycles. The van der Waals surface area contributed by atoms with Crippen molar-refractivity contribution < 1.29 is 19.0 Å². The third-order valence-corrected chi connectivity index (χ3v) is 2.34. The Hall–Kier alpha value is -2.15. The Kier molecular flexibility index (Phi) is 5.06. The molecule has 0 N–H and O–H groups in total. The van der Waals surface area contributed by atoms with Crippen LogP contribution in [-0.2, 0) is 0 Å². The summed E-state index contributed by atoms with van der Waals surface area (Å²) >= 11 is 0. The van der Waals surface area contributed by atoms with Crippen LogP contribution in [0, 0.1) is 11.8 Å². The second kappa shape index (κ2) is 6.55. The van der Waals surface area contributed by atoms with Crippen molar-refractivity contribution in [3.05, 3.63) is 17.7 Å². The molecular formula is C14H16O4. The molecule has 0 bridgehead atoms. The van der Waals surface area contributed by atoms with Crippen LogP contribution in [0.15, 0.2) is 12.1 Å². The number of ether oxygens (including phenoxy) is 3. The molecule has 0 radical (unpaired) electrons. The molecule has 1 aromatic carbocycles. The van der Waals surface area contributed by atoms with E-state index in [0.29, 0.717) is 22.8 Å². The molecule has 0 unspecified atom stereocenters. The second-order valence-electron chi connectivity index (χ2n) is 3.47. The summed E-state index contributed by atoms with van der Waals surface area (Å²) in [5.74, 6) is 6.88. The van der Waals surface area contributed by atoms with Gasteiger partial charge in [-0.05, 0) is 19.9 Å². The first-order chi connectivity index (χ1) is 8.63. The first kappa shape index (κ1) is 13.9. The van der Waals surface area contributed by atoms with Crippen LogP contribution < -0.4 is 14.2 Å². The van der Waals surface area contributed by atoms with Gasteiger partial charge in [-0.3, -0.25) is 4.79 Å². The van der Waals surface area contributed by atoms with Crippen molar-refractivity contribution in [3.8, 4) is 29.1 Å². The fraction of sp³-hybridized carbons (Fsp3) is 0.357. The smallest absolute Gasteiger partial charge is 0.166 e. The Morgan fingerprint density at radius 2 is 1.83 bits per heavy atom. The first-order valence-corrected chi connectivity index (χ1v) is 5.43.